The van der Waals surface area contributed by atoms with E-state index in [1.165, 1.54) is 11.3 Å². The van der Waals surface area contributed by atoms with Gasteiger partial charge in [-0.15, -0.1) is 11.3 Å². The van der Waals surface area contributed by atoms with E-state index in [0.29, 0.717) is 27.0 Å². The number of carbonyl (C=O) groups is 1. The molecule has 32 heavy (non-hydrogen) atoms. The third-order valence-electron chi connectivity index (χ3n) is 5.79. The number of hydrogen-bond donors (Lipinski definition) is 1. The summed E-state index contributed by atoms with van der Waals surface area (Å²) >= 11 is 1.32. The molecular weight excluding hydrogens is 444 g/mol. The van der Waals surface area contributed by atoms with Crippen molar-refractivity contribution in [1.29, 1.82) is 0 Å². The Morgan fingerprint density at radius 2 is 1.91 bits per heavy atom. The van der Waals surface area contributed by atoms with Gasteiger partial charge in [-0.2, -0.15) is 0 Å². The van der Waals surface area contributed by atoms with Crippen molar-refractivity contribution in [1.82, 2.24) is 14.5 Å². The van der Waals surface area contributed by atoms with Gasteiger partial charge in [-0.3, -0.25) is 9.52 Å². The maximum atomic E-state index is 13.1. The van der Waals surface area contributed by atoms with E-state index in [9.17, 15) is 13.2 Å². The monoisotopic (exact) mass is 472 g/mol. The number of anilines is 1. The largest absolute Gasteiger partial charge is 0.347 e. The summed E-state index contributed by atoms with van der Waals surface area (Å²) in [6, 6.07) is 9.00. The highest BCUT2D eigenvalue weighted by molar-refractivity contribution is 7.92. The smallest absolute Gasteiger partial charge is 0.265 e. The number of rotatable bonds is 6. The van der Waals surface area contributed by atoms with Crippen LogP contribution in [0.15, 0.2) is 41.4 Å². The number of likely N-dealkylation sites (tertiary alicyclic amines) is 1. The Hall–Kier alpha value is -2.65. The minimum atomic E-state index is -3.76. The number of thiazole rings is 1. The fourth-order valence-electron chi connectivity index (χ4n) is 3.97. The first-order valence-corrected chi connectivity index (χ1v) is 13.1. The summed E-state index contributed by atoms with van der Waals surface area (Å²) in [5, 5.41) is 0.640. The number of piperidine rings is 1. The molecular formula is C23H28N4O3S2. The number of aryl methyl sites for hydroxylation is 3. The Balaban J connectivity index is 1.62. The van der Waals surface area contributed by atoms with E-state index in [0.717, 1.165) is 44.3 Å². The third-order valence-corrected chi connectivity index (χ3v) is 8.29. The predicted molar refractivity (Wildman–Crippen MR) is 128 cm³/mol. The van der Waals surface area contributed by atoms with Crippen LogP contribution in [-0.4, -0.2) is 41.9 Å². The first-order valence-electron chi connectivity index (χ1n) is 10.8. The van der Waals surface area contributed by atoms with Gasteiger partial charge in [-0.1, -0.05) is 25.1 Å². The fourth-order valence-corrected chi connectivity index (χ4v) is 6.23. The molecule has 1 aliphatic rings. The van der Waals surface area contributed by atoms with Crippen molar-refractivity contribution >= 4 is 33.0 Å². The number of nitrogens with one attached hydrogen (secondary N) is 1. The number of hydrogen-bond acceptors (Lipinski definition) is 5. The van der Waals surface area contributed by atoms with E-state index in [2.05, 4.69) is 9.71 Å². The Labute approximate surface area is 193 Å². The molecule has 1 amide bonds. The summed E-state index contributed by atoms with van der Waals surface area (Å²) < 4.78 is 30.6. The van der Waals surface area contributed by atoms with Crippen LogP contribution < -0.4 is 4.72 Å². The zero-order valence-corrected chi connectivity index (χ0v) is 20.2. The van der Waals surface area contributed by atoms with Gasteiger partial charge in [0.1, 0.15) is 14.8 Å². The molecule has 3 heterocycles. The number of para-hydroxylation sites is 1. The normalized spacial score (nSPS) is 14.5. The first kappa shape index (κ1) is 22.5. The highest BCUT2D eigenvalue weighted by Crippen LogP contribution is 2.32. The maximum absolute atomic E-state index is 13.1. The molecule has 0 aliphatic carbocycles. The lowest BCUT2D eigenvalue weighted by Crippen LogP contribution is -2.35. The molecule has 9 heteroatoms. The maximum Gasteiger partial charge on any atom is 0.265 e. The molecule has 1 N–H and O–H groups in total. The number of amides is 1. The van der Waals surface area contributed by atoms with Crippen LogP contribution in [0.3, 0.4) is 0 Å². The molecule has 1 aromatic carbocycles. The van der Waals surface area contributed by atoms with Gasteiger partial charge in [-0.05, 0) is 50.3 Å². The van der Waals surface area contributed by atoms with Crippen molar-refractivity contribution < 1.29 is 13.2 Å². The molecule has 4 rings (SSSR count). The zero-order chi connectivity index (χ0) is 22.9. The highest BCUT2D eigenvalue weighted by atomic mass is 32.2. The molecule has 0 unspecified atom stereocenters. The molecule has 2 aromatic heterocycles. The topological polar surface area (TPSA) is 84.3 Å². The van der Waals surface area contributed by atoms with E-state index in [1.807, 2.05) is 36.9 Å². The first-order chi connectivity index (χ1) is 15.3. The second-order valence-electron chi connectivity index (χ2n) is 8.07. The van der Waals surface area contributed by atoms with E-state index < -0.39 is 10.0 Å². The van der Waals surface area contributed by atoms with Gasteiger partial charge in [0.25, 0.3) is 15.9 Å². The van der Waals surface area contributed by atoms with E-state index in [4.69, 9.17) is 0 Å². The van der Waals surface area contributed by atoms with Crippen LogP contribution in [-0.2, 0) is 23.5 Å². The average molecular weight is 473 g/mol. The van der Waals surface area contributed by atoms with Crippen molar-refractivity contribution in [3.8, 4) is 10.7 Å². The van der Waals surface area contributed by atoms with Crippen molar-refractivity contribution in [2.24, 2.45) is 7.05 Å². The lowest BCUT2D eigenvalue weighted by molar-refractivity contribution is 0.0728. The number of nitrogens with zero attached hydrogens (tertiary/aromatic N) is 3. The highest BCUT2D eigenvalue weighted by Gasteiger charge is 2.25. The quantitative estimate of drug-likeness (QED) is 0.575. The van der Waals surface area contributed by atoms with Gasteiger partial charge < -0.3 is 9.47 Å². The number of aromatic nitrogens is 2. The Morgan fingerprint density at radius 3 is 2.62 bits per heavy atom. The average Bonchev–Trinajstić information content (AvgIpc) is 3.37. The molecule has 0 atom stereocenters. The summed E-state index contributed by atoms with van der Waals surface area (Å²) in [5.74, 6) is 0.0193. The van der Waals surface area contributed by atoms with Gasteiger partial charge in [0.05, 0.1) is 17.1 Å². The van der Waals surface area contributed by atoms with Crippen LogP contribution in [0.25, 0.3) is 10.7 Å². The Bertz CT molecular complexity index is 1240. The number of carbonyl (C=O) groups excluding carboxylic acids is 1. The van der Waals surface area contributed by atoms with Crippen LogP contribution in [0.2, 0.25) is 0 Å². The van der Waals surface area contributed by atoms with E-state index >= 15 is 0 Å². The summed E-state index contributed by atoms with van der Waals surface area (Å²) in [6.07, 6.45) is 5.53. The lowest BCUT2D eigenvalue weighted by atomic mass is 10.1. The van der Waals surface area contributed by atoms with E-state index in [1.54, 1.807) is 29.9 Å². The second kappa shape index (κ2) is 9.07. The molecule has 1 saturated heterocycles. The Morgan fingerprint density at radius 1 is 1.19 bits per heavy atom. The SMILES string of the molecule is CCc1ccccc1NS(=O)(=O)c1cc(-c2nc(C)c(C(=O)N3CCCCC3)s2)n(C)c1. The number of sulfonamides is 1. The molecule has 1 aliphatic heterocycles. The molecule has 0 spiro atoms. The van der Waals surface area contributed by atoms with Gasteiger partial charge in [0.15, 0.2) is 0 Å². The van der Waals surface area contributed by atoms with Crippen molar-refractivity contribution in [3.05, 3.63) is 52.7 Å². The van der Waals surface area contributed by atoms with Gasteiger partial charge in [0.2, 0.25) is 0 Å². The van der Waals surface area contributed by atoms with Crippen molar-refractivity contribution in [2.75, 3.05) is 17.8 Å². The third kappa shape index (κ3) is 4.45. The van der Waals surface area contributed by atoms with Crippen LogP contribution in [0.1, 0.15) is 47.1 Å². The second-order valence-corrected chi connectivity index (χ2v) is 10.8. The summed E-state index contributed by atoms with van der Waals surface area (Å²) in [4.78, 5) is 20.2. The molecule has 0 bridgehead atoms. The van der Waals surface area contributed by atoms with Crippen LogP contribution in [0.5, 0.6) is 0 Å². The Kier molecular flexibility index (Phi) is 6.39. The summed E-state index contributed by atoms with van der Waals surface area (Å²) in [5.41, 5.74) is 2.87. The minimum absolute atomic E-state index is 0.0193. The summed E-state index contributed by atoms with van der Waals surface area (Å²) in [7, 11) is -1.97. The zero-order valence-electron chi connectivity index (χ0n) is 18.6. The van der Waals surface area contributed by atoms with Gasteiger partial charge >= 0.3 is 0 Å². The van der Waals surface area contributed by atoms with Crippen LogP contribution in [0, 0.1) is 6.92 Å². The van der Waals surface area contributed by atoms with Crippen LogP contribution in [0.4, 0.5) is 5.69 Å². The number of benzene rings is 1. The minimum Gasteiger partial charge on any atom is -0.347 e. The molecule has 0 radical (unpaired) electrons. The van der Waals surface area contributed by atoms with Crippen molar-refractivity contribution in [2.45, 2.75) is 44.4 Å². The van der Waals surface area contributed by atoms with Crippen molar-refractivity contribution in [3.63, 3.8) is 0 Å². The molecule has 1 fully saturated rings. The predicted octanol–water partition coefficient (Wildman–Crippen LogP) is 4.45. The molecule has 3 aromatic rings. The summed E-state index contributed by atoms with van der Waals surface area (Å²) in [6.45, 7) is 5.38. The van der Waals surface area contributed by atoms with Crippen LogP contribution >= 0.6 is 11.3 Å². The fraction of sp³-hybridized carbons (Fsp3) is 0.391. The van der Waals surface area contributed by atoms with E-state index in [-0.39, 0.29) is 10.8 Å². The molecule has 0 saturated carbocycles. The van der Waals surface area contributed by atoms with Gasteiger partial charge in [-0.25, -0.2) is 13.4 Å². The van der Waals surface area contributed by atoms with Gasteiger partial charge in [0, 0.05) is 26.3 Å². The molecule has 7 nitrogen and oxygen atoms in total. The standard InChI is InChI=1S/C23H28N4O3S2/c1-4-17-10-6-7-11-19(17)25-32(29,30)18-14-20(26(3)15-18)22-24-16(2)21(31-22)23(28)27-12-8-5-9-13-27/h6-7,10-11,14-15,25H,4-5,8-9,12-13H2,1-3H3. The molecule has 170 valence electrons. The lowest BCUT2D eigenvalue weighted by Gasteiger charge is -2.26.